The number of aryl methyl sites for hydroxylation is 1. The van der Waals surface area contributed by atoms with Gasteiger partial charge in [0.25, 0.3) is 0 Å². The van der Waals surface area contributed by atoms with Crippen LogP contribution in [0, 0.1) is 14.1 Å². The fourth-order valence-electron chi connectivity index (χ4n) is 0.997. The topological polar surface area (TPSA) is 26.3 Å². The lowest BCUT2D eigenvalue weighted by molar-refractivity contribution is 0.0598. The van der Waals surface area contributed by atoms with Gasteiger partial charge in [0.2, 0.25) is 0 Å². The van der Waals surface area contributed by atoms with Crippen LogP contribution in [0.5, 0.6) is 0 Å². The fourth-order valence-corrected chi connectivity index (χ4v) is 3.52. The van der Waals surface area contributed by atoms with E-state index in [1.807, 2.05) is 19.1 Å². The molecule has 0 saturated heterocycles. The Morgan fingerprint density at radius 1 is 1.31 bits per heavy atom. The number of halogens is 2. The second-order valence-corrected chi connectivity index (χ2v) is 4.92. The molecular formula is C9H8I2O2. The van der Waals surface area contributed by atoms with Crippen molar-refractivity contribution in [1.29, 1.82) is 0 Å². The van der Waals surface area contributed by atoms with Crippen molar-refractivity contribution in [3.8, 4) is 0 Å². The molecule has 1 aromatic rings. The summed E-state index contributed by atoms with van der Waals surface area (Å²) in [6.07, 6.45) is 0. The molecule has 0 N–H and O–H groups in total. The summed E-state index contributed by atoms with van der Waals surface area (Å²) in [4.78, 5) is 11.3. The van der Waals surface area contributed by atoms with Crippen molar-refractivity contribution in [2.24, 2.45) is 0 Å². The van der Waals surface area contributed by atoms with Crippen LogP contribution >= 0.6 is 45.2 Å². The molecule has 0 aromatic heterocycles. The van der Waals surface area contributed by atoms with Crippen LogP contribution in [0.3, 0.4) is 0 Å². The first kappa shape index (κ1) is 11.2. The van der Waals surface area contributed by atoms with E-state index in [-0.39, 0.29) is 5.97 Å². The molecule has 4 heteroatoms. The van der Waals surface area contributed by atoms with Gasteiger partial charge in [-0.1, -0.05) is 0 Å². The van der Waals surface area contributed by atoms with Crippen molar-refractivity contribution in [3.05, 3.63) is 30.4 Å². The zero-order chi connectivity index (χ0) is 10.0. The van der Waals surface area contributed by atoms with Crippen LogP contribution in [-0.2, 0) is 4.74 Å². The Morgan fingerprint density at radius 3 is 2.15 bits per heavy atom. The summed E-state index contributed by atoms with van der Waals surface area (Å²) in [6.45, 7) is 2.01. The molecule has 0 aliphatic heterocycles. The van der Waals surface area contributed by atoms with E-state index in [9.17, 15) is 4.79 Å². The van der Waals surface area contributed by atoms with E-state index in [4.69, 9.17) is 0 Å². The van der Waals surface area contributed by atoms with Crippen LogP contribution < -0.4 is 0 Å². The molecule has 1 aromatic carbocycles. The van der Waals surface area contributed by atoms with E-state index in [1.54, 1.807) is 0 Å². The first-order valence-corrected chi connectivity index (χ1v) is 5.76. The molecular weight excluding hydrogens is 394 g/mol. The Labute approximate surface area is 104 Å². The molecule has 0 atom stereocenters. The maximum atomic E-state index is 11.3. The van der Waals surface area contributed by atoms with E-state index < -0.39 is 0 Å². The highest BCUT2D eigenvalue weighted by atomic mass is 127. The zero-order valence-electron chi connectivity index (χ0n) is 7.23. The minimum atomic E-state index is -0.270. The first-order valence-electron chi connectivity index (χ1n) is 3.60. The van der Waals surface area contributed by atoms with Crippen molar-refractivity contribution in [2.45, 2.75) is 6.92 Å². The molecule has 1 rings (SSSR count). The lowest BCUT2D eigenvalue weighted by Crippen LogP contribution is -2.06. The van der Waals surface area contributed by atoms with Gasteiger partial charge in [0.15, 0.2) is 0 Å². The van der Waals surface area contributed by atoms with Gasteiger partial charge in [0.05, 0.1) is 12.7 Å². The molecule has 13 heavy (non-hydrogen) atoms. The summed E-state index contributed by atoms with van der Waals surface area (Å²) in [5.41, 5.74) is 1.82. The third-order valence-electron chi connectivity index (χ3n) is 1.58. The van der Waals surface area contributed by atoms with Crippen molar-refractivity contribution in [3.63, 3.8) is 0 Å². The van der Waals surface area contributed by atoms with Crippen LogP contribution in [0.1, 0.15) is 15.9 Å². The summed E-state index contributed by atoms with van der Waals surface area (Å²) >= 11 is 4.29. The van der Waals surface area contributed by atoms with Crippen molar-refractivity contribution < 1.29 is 9.53 Å². The van der Waals surface area contributed by atoms with Crippen LogP contribution in [0.2, 0.25) is 0 Å². The first-order chi connectivity index (χ1) is 6.06. The zero-order valence-corrected chi connectivity index (χ0v) is 11.5. The molecule has 0 radical (unpaired) electrons. The molecule has 0 amide bonds. The number of benzene rings is 1. The Bertz CT molecular complexity index is 324. The Morgan fingerprint density at radius 2 is 1.77 bits per heavy atom. The fraction of sp³-hybridized carbons (Fsp3) is 0.222. The summed E-state index contributed by atoms with van der Waals surface area (Å²) in [7, 11) is 1.40. The van der Waals surface area contributed by atoms with Crippen LogP contribution in [0.25, 0.3) is 0 Å². The molecule has 0 bridgehead atoms. The lowest BCUT2D eigenvalue weighted by atomic mass is 10.1. The number of rotatable bonds is 1. The molecule has 0 aliphatic carbocycles. The quantitative estimate of drug-likeness (QED) is 0.534. The molecule has 70 valence electrons. The van der Waals surface area contributed by atoms with Crippen molar-refractivity contribution in [1.82, 2.24) is 0 Å². The van der Waals surface area contributed by atoms with E-state index in [2.05, 4.69) is 49.9 Å². The Hall–Kier alpha value is 0.150. The third-order valence-corrected chi connectivity index (χ3v) is 3.28. The number of carbonyl (C=O) groups excluding carboxylic acids is 1. The highest BCUT2D eigenvalue weighted by Gasteiger charge is 2.14. The van der Waals surface area contributed by atoms with Crippen LogP contribution in [0.15, 0.2) is 12.1 Å². The monoisotopic (exact) mass is 402 g/mol. The number of ether oxygens (including phenoxy) is 1. The maximum absolute atomic E-state index is 11.3. The highest BCUT2D eigenvalue weighted by Crippen LogP contribution is 2.21. The summed E-state index contributed by atoms with van der Waals surface area (Å²) < 4.78 is 6.57. The molecule has 0 aliphatic rings. The predicted molar refractivity (Wildman–Crippen MR) is 68.0 cm³/mol. The van der Waals surface area contributed by atoms with Crippen molar-refractivity contribution >= 4 is 51.2 Å². The standard InChI is InChI=1S/C9H8I2O2/c1-5-3-6(10)8(7(11)4-5)9(12)13-2/h3-4H,1-2H3. The molecule has 0 spiro atoms. The van der Waals surface area contributed by atoms with E-state index in [1.165, 1.54) is 7.11 Å². The van der Waals surface area contributed by atoms with Crippen LogP contribution in [0.4, 0.5) is 0 Å². The maximum Gasteiger partial charge on any atom is 0.340 e. The Balaban J connectivity index is 3.28. The normalized spacial score (nSPS) is 9.85. The van der Waals surface area contributed by atoms with Gasteiger partial charge >= 0.3 is 5.97 Å². The Kier molecular flexibility index (Phi) is 3.96. The van der Waals surface area contributed by atoms with Gasteiger partial charge in [-0.25, -0.2) is 4.79 Å². The predicted octanol–water partition coefficient (Wildman–Crippen LogP) is 2.99. The number of hydrogen-bond acceptors (Lipinski definition) is 2. The average molecular weight is 402 g/mol. The van der Waals surface area contributed by atoms with Gasteiger partial charge in [0, 0.05) is 7.14 Å². The highest BCUT2D eigenvalue weighted by molar-refractivity contribution is 14.1. The minimum absolute atomic E-state index is 0.270. The second kappa shape index (κ2) is 4.59. The van der Waals surface area contributed by atoms with E-state index in [0.29, 0.717) is 5.56 Å². The molecule has 0 unspecified atom stereocenters. The molecule has 0 heterocycles. The molecule has 0 saturated carbocycles. The molecule has 2 nitrogen and oxygen atoms in total. The summed E-state index contributed by atoms with van der Waals surface area (Å²) in [5, 5.41) is 0. The second-order valence-electron chi connectivity index (χ2n) is 2.60. The van der Waals surface area contributed by atoms with Gasteiger partial charge in [0.1, 0.15) is 0 Å². The van der Waals surface area contributed by atoms with Crippen LogP contribution in [-0.4, -0.2) is 13.1 Å². The summed E-state index contributed by atoms with van der Waals surface area (Å²) in [5.74, 6) is -0.270. The number of hydrogen-bond donors (Lipinski definition) is 0. The minimum Gasteiger partial charge on any atom is -0.465 e. The third kappa shape index (κ3) is 2.55. The largest absolute Gasteiger partial charge is 0.465 e. The smallest absolute Gasteiger partial charge is 0.340 e. The van der Waals surface area contributed by atoms with Crippen molar-refractivity contribution in [2.75, 3.05) is 7.11 Å². The average Bonchev–Trinajstić information content (AvgIpc) is 2.02. The van der Waals surface area contributed by atoms with E-state index in [0.717, 1.165) is 12.7 Å². The van der Waals surface area contributed by atoms with E-state index >= 15 is 0 Å². The number of esters is 1. The lowest BCUT2D eigenvalue weighted by Gasteiger charge is -2.06. The van der Waals surface area contributed by atoms with Gasteiger partial charge in [-0.2, -0.15) is 0 Å². The van der Waals surface area contributed by atoms with Gasteiger partial charge < -0.3 is 4.74 Å². The van der Waals surface area contributed by atoms with Gasteiger partial charge in [-0.3, -0.25) is 0 Å². The number of carbonyl (C=O) groups is 1. The SMILES string of the molecule is COC(=O)c1c(I)cc(C)cc1I. The van der Waals surface area contributed by atoms with Gasteiger partial charge in [-0.05, 0) is 69.8 Å². The van der Waals surface area contributed by atoms with Gasteiger partial charge in [-0.15, -0.1) is 0 Å². The number of methoxy groups -OCH3 is 1. The summed E-state index contributed by atoms with van der Waals surface area (Å²) in [6, 6.07) is 3.93. The molecule has 0 fully saturated rings.